The lowest BCUT2D eigenvalue weighted by Gasteiger charge is -2.18. The van der Waals surface area contributed by atoms with Gasteiger partial charge < -0.3 is 24.3 Å². The second-order valence-corrected chi connectivity index (χ2v) is 7.48. The maximum absolute atomic E-state index is 12.3. The molecule has 3 aromatic rings. The number of carboxylic acid groups (broad SMARTS) is 1. The maximum atomic E-state index is 12.3. The molecule has 4 rings (SSSR count). The number of fused-ring (bicyclic) bond motifs is 1. The lowest BCUT2D eigenvalue weighted by Crippen LogP contribution is -2.13. The lowest BCUT2D eigenvalue weighted by atomic mass is 10.1. The van der Waals surface area contributed by atoms with Gasteiger partial charge in [-0.15, -0.1) is 0 Å². The number of aromatic carboxylic acids is 1. The number of para-hydroxylation sites is 1. The maximum Gasteiger partial charge on any atom is 0.338 e. The molecule has 0 spiro atoms. The number of ether oxygens (including phenoxy) is 2. The van der Waals surface area contributed by atoms with Gasteiger partial charge in [0.25, 0.3) is 0 Å². The van der Waals surface area contributed by atoms with E-state index in [-0.39, 0.29) is 28.0 Å². The summed E-state index contributed by atoms with van der Waals surface area (Å²) in [6, 6.07) is 9.25. The third-order valence-electron chi connectivity index (χ3n) is 5.14. The molecule has 0 saturated heterocycles. The smallest absolute Gasteiger partial charge is 0.338 e. The summed E-state index contributed by atoms with van der Waals surface area (Å²) >= 11 is 6.23. The number of nitrogens with one attached hydrogen (secondary N) is 1. The molecule has 1 aliphatic rings. The highest BCUT2D eigenvalue weighted by atomic mass is 35.5. The number of halogens is 1. The van der Waals surface area contributed by atoms with Crippen molar-refractivity contribution < 1.29 is 23.8 Å². The van der Waals surface area contributed by atoms with E-state index in [1.165, 1.54) is 19.2 Å². The number of anilines is 2. The molecule has 1 saturated carbocycles. The molecule has 1 fully saturated rings. The van der Waals surface area contributed by atoms with Crippen LogP contribution in [0.1, 0.15) is 36.0 Å². The highest BCUT2D eigenvalue weighted by Gasteiger charge is 2.23. The number of hydrogen-bond acceptors (Lipinski definition) is 6. The molecule has 1 heterocycles. The van der Waals surface area contributed by atoms with E-state index in [2.05, 4.69) is 5.32 Å². The van der Waals surface area contributed by atoms with E-state index in [1.807, 2.05) is 0 Å². The van der Waals surface area contributed by atoms with Gasteiger partial charge in [-0.25, -0.2) is 9.59 Å². The molecule has 156 valence electrons. The molecule has 8 heteroatoms. The van der Waals surface area contributed by atoms with Gasteiger partial charge in [-0.2, -0.15) is 0 Å². The van der Waals surface area contributed by atoms with Crippen LogP contribution in [0.25, 0.3) is 11.0 Å². The molecule has 2 aromatic carbocycles. The van der Waals surface area contributed by atoms with Crippen molar-refractivity contribution in [3.63, 3.8) is 0 Å². The van der Waals surface area contributed by atoms with Crippen LogP contribution in [0.4, 0.5) is 11.4 Å². The first-order valence-electron chi connectivity index (χ1n) is 9.58. The summed E-state index contributed by atoms with van der Waals surface area (Å²) < 4.78 is 17.1. The highest BCUT2D eigenvalue weighted by Crippen LogP contribution is 2.41. The van der Waals surface area contributed by atoms with Crippen LogP contribution in [0.3, 0.4) is 0 Å². The van der Waals surface area contributed by atoms with Crippen LogP contribution in [0.15, 0.2) is 45.6 Å². The minimum Gasteiger partial charge on any atom is -0.493 e. The zero-order chi connectivity index (χ0) is 21.3. The molecule has 1 aromatic heterocycles. The number of hydrogen-bond donors (Lipinski definition) is 2. The Bertz CT molecular complexity index is 1170. The average Bonchev–Trinajstić information content (AvgIpc) is 3.23. The molecular formula is C22H20ClNO6. The second-order valence-electron chi connectivity index (χ2n) is 7.07. The Morgan fingerprint density at radius 1 is 1.23 bits per heavy atom. The standard InChI is InChI=1S/C22H20ClNO6/c1-28-17-10-9-13-16(24-19-14(22(26)27)7-4-8-15(19)23)11-18(25)30-20(13)21(17)29-12-5-2-3-6-12/h4,7-12,24H,2-3,5-6H2,1H3,(H,26,27). The summed E-state index contributed by atoms with van der Waals surface area (Å²) in [6.45, 7) is 0. The predicted octanol–water partition coefficient (Wildman–Crippen LogP) is 5.22. The minimum atomic E-state index is -1.14. The molecule has 0 unspecified atom stereocenters. The Morgan fingerprint density at radius 3 is 2.70 bits per heavy atom. The van der Waals surface area contributed by atoms with Crippen molar-refractivity contribution in [3.8, 4) is 11.5 Å². The van der Waals surface area contributed by atoms with Gasteiger partial charge in [0.15, 0.2) is 11.3 Å². The summed E-state index contributed by atoms with van der Waals surface area (Å²) in [6.07, 6.45) is 4.03. The van der Waals surface area contributed by atoms with Crippen LogP contribution in [0, 0.1) is 0 Å². The van der Waals surface area contributed by atoms with Gasteiger partial charge in [-0.1, -0.05) is 17.7 Å². The summed E-state index contributed by atoms with van der Waals surface area (Å²) in [5.41, 5.74) is 0.155. The molecule has 0 radical (unpaired) electrons. The van der Waals surface area contributed by atoms with Crippen molar-refractivity contribution in [1.29, 1.82) is 0 Å². The number of methoxy groups -OCH3 is 1. The first kappa shape index (κ1) is 20.1. The highest BCUT2D eigenvalue weighted by molar-refractivity contribution is 6.34. The van der Waals surface area contributed by atoms with Crippen molar-refractivity contribution in [1.82, 2.24) is 0 Å². The third-order valence-corrected chi connectivity index (χ3v) is 5.46. The normalized spacial score (nSPS) is 14.1. The minimum absolute atomic E-state index is 0.0140. The fraction of sp³-hybridized carbons (Fsp3) is 0.273. The Balaban J connectivity index is 1.86. The van der Waals surface area contributed by atoms with Gasteiger partial charge >= 0.3 is 11.6 Å². The van der Waals surface area contributed by atoms with E-state index >= 15 is 0 Å². The number of carboxylic acids is 1. The Labute approximate surface area is 177 Å². The summed E-state index contributed by atoms with van der Waals surface area (Å²) in [5, 5.41) is 13.2. The van der Waals surface area contributed by atoms with Crippen molar-refractivity contribution in [2.24, 2.45) is 0 Å². The molecule has 0 amide bonds. The molecule has 0 aliphatic heterocycles. The van der Waals surface area contributed by atoms with Crippen LogP contribution < -0.4 is 20.4 Å². The monoisotopic (exact) mass is 429 g/mol. The van der Waals surface area contributed by atoms with Crippen molar-refractivity contribution in [2.45, 2.75) is 31.8 Å². The Kier molecular flexibility index (Phi) is 5.55. The van der Waals surface area contributed by atoms with Gasteiger partial charge in [0.05, 0.1) is 35.2 Å². The molecular weight excluding hydrogens is 410 g/mol. The Morgan fingerprint density at radius 2 is 2.00 bits per heavy atom. The second kappa shape index (κ2) is 8.28. The molecule has 30 heavy (non-hydrogen) atoms. The van der Waals surface area contributed by atoms with Crippen LogP contribution in [0.2, 0.25) is 5.02 Å². The summed E-state index contributed by atoms with van der Waals surface area (Å²) in [5.74, 6) is -0.321. The topological polar surface area (TPSA) is 98.0 Å². The van der Waals surface area contributed by atoms with E-state index in [9.17, 15) is 14.7 Å². The lowest BCUT2D eigenvalue weighted by molar-refractivity contribution is 0.0698. The van der Waals surface area contributed by atoms with E-state index in [4.69, 9.17) is 25.5 Å². The summed E-state index contributed by atoms with van der Waals surface area (Å²) in [4.78, 5) is 23.9. The van der Waals surface area contributed by atoms with Crippen LogP contribution >= 0.6 is 11.6 Å². The zero-order valence-corrected chi connectivity index (χ0v) is 17.0. The van der Waals surface area contributed by atoms with Crippen LogP contribution in [-0.2, 0) is 0 Å². The molecule has 7 nitrogen and oxygen atoms in total. The number of benzene rings is 2. The van der Waals surface area contributed by atoms with Gasteiger partial charge in [0.2, 0.25) is 5.75 Å². The van der Waals surface area contributed by atoms with Gasteiger partial charge in [-0.3, -0.25) is 0 Å². The number of rotatable bonds is 6. The van der Waals surface area contributed by atoms with Crippen molar-refractivity contribution >= 4 is 39.9 Å². The van der Waals surface area contributed by atoms with E-state index in [0.29, 0.717) is 22.6 Å². The van der Waals surface area contributed by atoms with E-state index in [1.54, 1.807) is 24.3 Å². The average molecular weight is 430 g/mol. The fourth-order valence-corrected chi connectivity index (χ4v) is 3.92. The van der Waals surface area contributed by atoms with Gasteiger partial charge in [0.1, 0.15) is 0 Å². The van der Waals surface area contributed by atoms with Crippen LogP contribution in [-0.4, -0.2) is 24.3 Å². The molecule has 0 atom stereocenters. The molecule has 1 aliphatic carbocycles. The third kappa shape index (κ3) is 3.80. The predicted molar refractivity (Wildman–Crippen MR) is 114 cm³/mol. The van der Waals surface area contributed by atoms with Crippen LogP contribution in [0.5, 0.6) is 11.5 Å². The largest absolute Gasteiger partial charge is 0.493 e. The fourth-order valence-electron chi connectivity index (χ4n) is 3.70. The number of carbonyl (C=O) groups is 1. The molecule has 2 N–H and O–H groups in total. The first-order chi connectivity index (χ1) is 14.5. The first-order valence-corrected chi connectivity index (χ1v) is 9.96. The SMILES string of the molecule is COc1ccc2c(Nc3c(Cl)cccc3C(=O)O)cc(=O)oc2c1OC1CCCC1. The van der Waals surface area contributed by atoms with E-state index in [0.717, 1.165) is 25.7 Å². The zero-order valence-electron chi connectivity index (χ0n) is 16.2. The molecule has 0 bridgehead atoms. The van der Waals surface area contributed by atoms with Crippen molar-refractivity contribution in [3.05, 3.63) is 57.4 Å². The quantitative estimate of drug-likeness (QED) is 0.518. The van der Waals surface area contributed by atoms with Crippen molar-refractivity contribution in [2.75, 3.05) is 12.4 Å². The van der Waals surface area contributed by atoms with Gasteiger partial charge in [0, 0.05) is 11.5 Å². The Hall–Kier alpha value is -3.19. The summed E-state index contributed by atoms with van der Waals surface area (Å²) in [7, 11) is 1.52. The van der Waals surface area contributed by atoms with E-state index < -0.39 is 11.6 Å². The van der Waals surface area contributed by atoms with Gasteiger partial charge in [-0.05, 0) is 49.9 Å².